The van der Waals surface area contributed by atoms with E-state index >= 15 is 0 Å². The van der Waals surface area contributed by atoms with Crippen molar-refractivity contribution < 1.29 is 9.13 Å². The second-order valence-electron chi connectivity index (χ2n) is 4.35. The normalized spacial score (nSPS) is 24.9. The zero-order valence-electron chi connectivity index (χ0n) is 8.81. The Balaban J connectivity index is 2.19. The summed E-state index contributed by atoms with van der Waals surface area (Å²) >= 11 is 9.23. The molecule has 1 unspecified atom stereocenters. The Hall–Kier alpha value is -0.120. The van der Waals surface area contributed by atoms with Crippen LogP contribution in [0.15, 0.2) is 18.2 Å². The largest absolute Gasteiger partial charge is 0.381 e. The van der Waals surface area contributed by atoms with E-state index in [1.165, 1.54) is 6.07 Å². The summed E-state index contributed by atoms with van der Waals surface area (Å²) in [7, 11) is 0. The predicted octanol–water partition coefficient (Wildman–Crippen LogP) is 3.82. The van der Waals surface area contributed by atoms with Gasteiger partial charge < -0.3 is 4.74 Å². The summed E-state index contributed by atoms with van der Waals surface area (Å²) in [6.45, 7) is 1.46. The Morgan fingerprint density at radius 2 is 2.31 bits per heavy atom. The Bertz CT molecular complexity index is 377. The lowest BCUT2D eigenvalue weighted by Crippen LogP contribution is -2.26. The molecule has 1 aromatic rings. The summed E-state index contributed by atoms with van der Waals surface area (Å²) in [6, 6.07) is 4.87. The van der Waals surface area contributed by atoms with Crippen LogP contribution in [0.2, 0.25) is 5.02 Å². The van der Waals surface area contributed by atoms with Crippen molar-refractivity contribution >= 4 is 27.5 Å². The average Bonchev–Trinajstić information content (AvgIpc) is 2.72. The SMILES string of the molecule is Fc1cc(Cl)ccc1CC1(CBr)CCOC1. The molecule has 16 heavy (non-hydrogen) atoms. The van der Waals surface area contributed by atoms with Crippen molar-refractivity contribution in [3.63, 3.8) is 0 Å². The van der Waals surface area contributed by atoms with Gasteiger partial charge in [0.05, 0.1) is 6.61 Å². The average molecular weight is 308 g/mol. The molecule has 1 saturated heterocycles. The van der Waals surface area contributed by atoms with Gasteiger partial charge in [-0.05, 0) is 30.5 Å². The van der Waals surface area contributed by atoms with Gasteiger partial charge in [-0.2, -0.15) is 0 Å². The van der Waals surface area contributed by atoms with Gasteiger partial charge in [0, 0.05) is 22.4 Å². The van der Waals surface area contributed by atoms with Crippen LogP contribution < -0.4 is 0 Å². The van der Waals surface area contributed by atoms with Gasteiger partial charge in [0.2, 0.25) is 0 Å². The van der Waals surface area contributed by atoms with Crippen molar-refractivity contribution in [2.45, 2.75) is 12.8 Å². The van der Waals surface area contributed by atoms with Crippen LogP contribution in [0.5, 0.6) is 0 Å². The molecule has 1 nitrogen and oxygen atoms in total. The number of hydrogen-bond donors (Lipinski definition) is 0. The fourth-order valence-electron chi connectivity index (χ4n) is 2.01. The molecule has 2 rings (SSSR count). The van der Waals surface area contributed by atoms with Crippen LogP contribution in [0.4, 0.5) is 4.39 Å². The van der Waals surface area contributed by atoms with Crippen LogP contribution in [0.25, 0.3) is 0 Å². The van der Waals surface area contributed by atoms with Gasteiger partial charge in [-0.1, -0.05) is 33.6 Å². The third-order valence-electron chi connectivity index (χ3n) is 3.05. The van der Waals surface area contributed by atoms with Gasteiger partial charge in [-0.15, -0.1) is 0 Å². The number of halogens is 3. The Morgan fingerprint density at radius 3 is 2.88 bits per heavy atom. The quantitative estimate of drug-likeness (QED) is 0.771. The predicted molar refractivity (Wildman–Crippen MR) is 66.8 cm³/mol. The van der Waals surface area contributed by atoms with Gasteiger partial charge in [0.1, 0.15) is 5.82 Å². The summed E-state index contributed by atoms with van der Waals surface area (Å²) in [5, 5.41) is 1.28. The van der Waals surface area contributed by atoms with Crippen molar-refractivity contribution in [2.75, 3.05) is 18.5 Å². The summed E-state index contributed by atoms with van der Waals surface area (Å²) < 4.78 is 19.1. The summed E-state index contributed by atoms with van der Waals surface area (Å²) in [4.78, 5) is 0. The molecule has 1 fully saturated rings. The van der Waals surface area contributed by atoms with Crippen LogP contribution in [-0.4, -0.2) is 18.5 Å². The summed E-state index contributed by atoms with van der Waals surface area (Å²) in [5.74, 6) is -0.222. The van der Waals surface area contributed by atoms with Gasteiger partial charge in [0.25, 0.3) is 0 Å². The number of ether oxygens (including phenoxy) is 1. The zero-order valence-corrected chi connectivity index (χ0v) is 11.2. The third-order valence-corrected chi connectivity index (χ3v) is 4.47. The zero-order chi connectivity index (χ0) is 11.6. The van der Waals surface area contributed by atoms with Gasteiger partial charge in [-0.25, -0.2) is 4.39 Å². The van der Waals surface area contributed by atoms with Gasteiger partial charge >= 0.3 is 0 Å². The first-order chi connectivity index (χ1) is 7.65. The minimum absolute atomic E-state index is 0.0364. The number of alkyl halides is 1. The van der Waals surface area contributed by atoms with E-state index in [1.54, 1.807) is 12.1 Å². The number of rotatable bonds is 3. The molecule has 1 heterocycles. The Morgan fingerprint density at radius 1 is 1.50 bits per heavy atom. The molecule has 1 atom stereocenters. The van der Waals surface area contributed by atoms with E-state index in [0.717, 1.165) is 18.4 Å². The standard InChI is InChI=1S/C12H13BrClFO/c13-7-12(3-4-16-8-12)6-9-1-2-10(14)5-11(9)15/h1-2,5H,3-4,6-8H2. The molecule has 0 saturated carbocycles. The monoisotopic (exact) mass is 306 g/mol. The van der Waals surface area contributed by atoms with E-state index < -0.39 is 0 Å². The number of benzene rings is 1. The highest BCUT2D eigenvalue weighted by molar-refractivity contribution is 9.09. The molecule has 1 aliphatic rings. The van der Waals surface area contributed by atoms with E-state index in [1.807, 2.05) is 0 Å². The smallest absolute Gasteiger partial charge is 0.127 e. The fourth-order valence-corrected chi connectivity index (χ4v) is 2.81. The molecule has 0 N–H and O–H groups in total. The van der Waals surface area contributed by atoms with Crippen LogP contribution in [-0.2, 0) is 11.2 Å². The highest BCUT2D eigenvalue weighted by atomic mass is 79.9. The molecule has 0 radical (unpaired) electrons. The second-order valence-corrected chi connectivity index (χ2v) is 5.35. The van der Waals surface area contributed by atoms with E-state index in [2.05, 4.69) is 15.9 Å². The Labute approximate surface area is 108 Å². The molecule has 1 aromatic carbocycles. The van der Waals surface area contributed by atoms with Crippen molar-refractivity contribution in [3.8, 4) is 0 Å². The van der Waals surface area contributed by atoms with Crippen LogP contribution in [0.3, 0.4) is 0 Å². The first-order valence-electron chi connectivity index (χ1n) is 5.23. The van der Waals surface area contributed by atoms with Crippen molar-refractivity contribution in [2.24, 2.45) is 5.41 Å². The Kier molecular flexibility index (Phi) is 3.88. The number of hydrogen-bond acceptors (Lipinski definition) is 1. The first-order valence-corrected chi connectivity index (χ1v) is 6.73. The lowest BCUT2D eigenvalue weighted by Gasteiger charge is -2.24. The maximum absolute atomic E-state index is 13.7. The van der Waals surface area contributed by atoms with Crippen LogP contribution >= 0.6 is 27.5 Å². The molecule has 0 aliphatic carbocycles. The second kappa shape index (κ2) is 5.03. The molecule has 0 spiro atoms. The first kappa shape index (κ1) is 12.3. The fraction of sp³-hybridized carbons (Fsp3) is 0.500. The van der Waals surface area contributed by atoms with Gasteiger partial charge in [0.15, 0.2) is 0 Å². The van der Waals surface area contributed by atoms with Gasteiger partial charge in [-0.3, -0.25) is 0 Å². The van der Waals surface area contributed by atoms with E-state index in [0.29, 0.717) is 23.6 Å². The maximum Gasteiger partial charge on any atom is 0.127 e. The molecule has 4 heteroatoms. The van der Waals surface area contributed by atoms with E-state index in [4.69, 9.17) is 16.3 Å². The molecule has 88 valence electrons. The lowest BCUT2D eigenvalue weighted by atomic mass is 9.83. The van der Waals surface area contributed by atoms with Crippen LogP contribution in [0.1, 0.15) is 12.0 Å². The molecule has 0 bridgehead atoms. The lowest BCUT2D eigenvalue weighted by molar-refractivity contribution is 0.161. The molecule has 0 aromatic heterocycles. The molecular formula is C12H13BrClFO. The molecular weight excluding hydrogens is 294 g/mol. The van der Waals surface area contributed by atoms with Crippen molar-refractivity contribution in [3.05, 3.63) is 34.6 Å². The highest BCUT2D eigenvalue weighted by Crippen LogP contribution is 2.35. The van der Waals surface area contributed by atoms with E-state index in [9.17, 15) is 4.39 Å². The van der Waals surface area contributed by atoms with E-state index in [-0.39, 0.29) is 11.2 Å². The van der Waals surface area contributed by atoms with Crippen molar-refractivity contribution in [1.29, 1.82) is 0 Å². The molecule has 0 amide bonds. The topological polar surface area (TPSA) is 9.23 Å². The summed E-state index contributed by atoms with van der Waals surface area (Å²) in [5.41, 5.74) is 0.753. The third kappa shape index (κ3) is 2.58. The highest BCUT2D eigenvalue weighted by Gasteiger charge is 2.34. The van der Waals surface area contributed by atoms with Crippen molar-refractivity contribution in [1.82, 2.24) is 0 Å². The van der Waals surface area contributed by atoms with Crippen LogP contribution in [0, 0.1) is 11.2 Å². The minimum atomic E-state index is -0.222. The minimum Gasteiger partial charge on any atom is -0.381 e. The molecule has 1 aliphatic heterocycles. The maximum atomic E-state index is 13.7. The summed E-state index contributed by atoms with van der Waals surface area (Å²) in [6.07, 6.45) is 1.67.